The molecular weight excluding hydrogens is 421 g/mol. The highest BCUT2D eigenvalue weighted by Crippen LogP contribution is 2.22. The Hall–Kier alpha value is -3.28. The maximum absolute atomic E-state index is 13.5. The monoisotopic (exact) mass is 453 g/mol. The largest absolute Gasteiger partial charge is 0.398 e. The first-order valence-corrected chi connectivity index (χ1v) is 11.0. The van der Waals surface area contributed by atoms with Crippen LogP contribution in [0.1, 0.15) is 34.1 Å². The summed E-state index contributed by atoms with van der Waals surface area (Å²) in [5, 5.41) is 2.77. The van der Waals surface area contributed by atoms with Crippen molar-refractivity contribution < 1.29 is 18.7 Å². The van der Waals surface area contributed by atoms with Crippen LogP contribution in [0.15, 0.2) is 81.2 Å². The number of nitrogens with zero attached hydrogens (tertiary/aromatic N) is 1. The van der Waals surface area contributed by atoms with Crippen molar-refractivity contribution in [2.75, 3.05) is 13.1 Å². The number of allylic oxidation sites excluding steroid dienone is 3. The molecule has 2 rings (SSSR count). The molecule has 7 heteroatoms. The third kappa shape index (κ3) is 7.97. The van der Waals surface area contributed by atoms with Gasteiger partial charge in [-0.05, 0) is 37.1 Å². The Labute approximate surface area is 194 Å². The highest BCUT2D eigenvalue weighted by Gasteiger charge is 2.21. The van der Waals surface area contributed by atoms with Gasteiger partial charge in [0.25, 0.3) is 5.91 Å². The van der Waals surface area contributed by atoms with Gasteiger partial charge in [-0.1, -0.05) is 38.2 Å². The predicted molar refractivity (Wildman–Crippen MR) is 129 cm³/mol. The topological polar surface area (TPSA) is 93.8 Å². The molecule has 2 aliphatic carbocycles. The van der Waals surface area contributed by atoms with Gasteiger partial charge in [-0.2, -0.15) is 0 Å². The van der Waals surface area contributed by atoms with Gasteiger partial charge in [0.15, 0.2) is 12.1 Å². The number of Topliss-reactive ketones (excluding diaryl/α,β-unsaturated/α-hetero) is 1. The van der Waals surface area contributed by atoms with E-state index in [1.165, 1.54) is 6.92 Å². The molecule has 0 aliphatic heterocycles. The smallest absolute Gasteiger partial charge is 0.252 e. The average Bonchev–Trinajstić information content (AvgIpc) is 2.96. The number of amides is 1. The van der Waals surface area contributed by atoms with Gasteiger partial charge in [-0.3, -0.25) is 14.6 Å². The molecule has 0 spiro atoms. The summed E-state index contributed by atoms with van der Waals surface area (Å²) in [4.78, 5) is 28.5. The number of ether oxygens (including phenoxy) is 1. The second-order valence-electron chi connectivity index (χ2n) is 7.93. The molecule has 0 saturated heterocycles. The zero-order valence-corrected chi connectivity index (χ0v) is 19.6. The van der Waals surface area contributed by atoms with Crippen molar-refractivity contribution >= 4 is 17.9 Å². The first-order chi connectivity index (χ1) is 15.7. The van der Waals surface area contributed by atoms with Gasteiger partial charge in [-0.15, -0.1) is 5.73 Å². The molecule has 33 heavy (non-hydrogen) atoms. The SMILES string of the molecule is CCC(F)OC1C=CC(CN=CC2=C(N)C=C=CC=C2C(=O)NC/C=C(\C)C(C)=O)=CC1C. The number of aliphatic imine (C=N–C) groups is 1. The van der Waals surface area contributed by atoms with E-state index < -0.39 is 6.36 Å². The first kappa shape index (κ1) is 26.0. The normalized spacial score (nSPS) is 21.7. The lowest BCUT2D eigenvalue weighted by atomic mass is 9.95. The second kappa shape index (κ2) is 12.7. The summed E-state index contributed by atoms with van der Waals surface area (Å²) < 4.78 is 18.9. The van der Waals surface area contributed by atoms with Crippen molar-refractivity contribution in [1.29, 1.82) is 0 Å². The average molecular weight is 454 g/mol. The number of carbonyl (C=O) groups is 2. The second-order valence-corrected chi connectivity index (χ2v) is 7.93. The minimum Gasteiger partial charge on any atom is -0.398 e. The number of ketones is 1. The fraction of sp³-hybridized carbons (Fsp3) is 0.385. The summed E-state index contributed by atoms with van der Waals surface area (Å²) in [7, 11) is 0. The van der Waals surface area contributed by atoms with Gasteiger partial charge < -0.3 is 15.8 Å². The van der Waals surface area contributed by atoms with Gasteiger partial charge in [0, 0.05) is 42.4 Å². The van der Waals surface area contributed by atoms with E-state index in [1.54, 1.807) is 44.4 Å². The summed E-state index contributed by atoms with van der Waals surface area (Å²) in [6, 6.07) is 0. The Morgan fingerprint density at radius 2 is 2.15 bits per heavy atom. The number of carbonyl (C=O) groups excluding carboxylic acids is 2. The maximum atomic E-state index is 13.5. The Bertz CT molecular complexity index is 1010. The van der Waals surface area contributed by atoms with Crippen molar-refractivity contribution in [3.8, 4) is 0 Å². The molecule has 3 N–H and O–H groups in total. The zero-order valence-electron chi connectivity index (χ0n) is 19.6. The molecule has 0 fully saturated rings. The van der Waals surface area contributed by atoms with E-state index in [1.807, 2.05) is 25.2 Å². The molecule has 2 aliphatic rings. The number of nitrogens with one attached hydrogen (secondary N) is 1. The highest BCUT2D eigenvalue weighted by atomic mass is 19.1. The van der Waals surface area contributed by atoms with Crippen LogP contribution >= 0.6 is 0 Å². The fourth-order valence-electron chi connectivity index (χ4n) is 3.14. The van der Waals surface area contributed by atoms with Crippen LogP contribution in [0.4, 0.5) is 4.39 Å². The van der Waals surface area contributed by atoms with Crippen LogP contribution in [0.5, 0.6) is 0 Å². The summed E-state index contributed by atoms with van der Waals surface area (Å²) in [6.07, 6.45) is 12.5. The lowest BCUT2D eigenvalue weighted by molar-refractivity contribution is -0.117. The van der Waals surface area contributed by atoms with Crippen molar-refractivity contribution in [2.45, 2.75) is 46.6 Å². The van der Waals surface area contributed by atoms with Crippen LogP contribution in [0.25, 0.3) is 0 Å². The number of hydrogen-bond donors (Lipinski definition) is 2. The summed E-state index contributed by atoms with van der Waals surface area (Å²) >= 11 is 0. The number of alkyl halides is 1. The Kier molecular flexibility index (Phi) is 9.98. The summed E-state index contributed by atoms with van der Waals surface area (Å²) in [5.41, 5.74) is 11.8. The van der Waals surface area contributed by atoms with Crippen molar-refractivity contribution in [2.24, 2.45) is 16.6 Å². The third-order valence-electron chi connectivity index (χ3n) is 5.27. The molecule has 0 aromatic heterocycles. The van der Waals surface area contributed by atoms with E-state index in [2.05, 4.69) is 16.0 Å². The molecule has 0 saturated carbocycles. The molecule has 0 aromatic rings. The fourth-order valence-corrected chi connectivity index (χ4v) is 3.14. The van der Waals surface area contributed by atoms with Gasteiger partial charge in [0.05, 0.1) is 18.2 Å². The Balaban J connectivity index is 2.06. The first-order valence-electron chi connectivity index (χ1n) is 11.0. The Morgan fingerprint density at radius 1 is 1.39 bits per heavy atom. The minimum atomic E-state index is -1.28. The van der Waals surface area contributed by atoms with Gasteiger partial charge >= 0.3 is 0 Å². The molecule has 176 valence electrons. The van der Waals surface area contributed by atoms with Crippen LogP contribution < -0.4 is 11.1 Å². The predicted octanol–water partition coefficient (Wildman–Crippen LogP) is 3.80. The van der Waals surface area contributed by atoms with Gasteiger partial charge in [0.1, 0.15) is 0 Å². The highest BCUT2D eigenvalue weighted by molar-refractivity contribution is 6.07. The van der Waals surface area contributed by atoms with E-state index in [0.717, 1.165) is 5.57 Å². The maximum Gasteiger partial charge on any atom is 0.252 e. The molecule has 3 unspecified atom stereocenters. The van der Waals surface area contributed by atoms with Crippen LogP contribution in [0, 0.1) is 5.92 Å². The molecule has 0 bridgehead atoms. The minimum absolute atomic E-state index is 0.0204. The molecule has 0 radical (unpaired) electrons. The van der Waals surface area contributed by atoms with Crippen molar-refractivity contribution in [1.82, 2.24) is 5.32 Å². The molecule has 1 amide bonds. The van der Waals surface area contributed by atoms with Crippen molar-refractivity contribution in [3.63, 3.8) is 0 Å². The van der Waals surface area contributed by atoms with Crippen LogP contribution in [0.2, 0.25) is 0 Å². The van der Waals surface area contributed by atoms with E-state index >= 15 is 0 Å². The third-order valence-corrected chi connectivity index (χ3v) is 5.27. The quantitative estimate of drug-likeness (QED) is 0.299. The van der Waals surface area contributed by atoms with E-state index in [4.69, 9.17) is 10.5 Å². The lowest BCUT2D eigenvalue weighted by Gasteiger charge is -2.24. The van der Waals surface area contributed by atoms with E-state index in [9.17, 15) is 14.0 Å². The summed E-state index contributed by atoms with van der Waals surface area (Å²) in [5.74, 6) is -0.357. The molecule has 3 atom stereocenters. The molecule has 0 aromatic carbocycles. The van der Waals surface area contributed by atoms with E-state index in [0.29, 0.717) is 35.4 Å². The lowest BCUT2D eigenvalue weighted by Crippen LogP contribution is -2.27. The number of rotatable bonds is 10. The molecule has 6 nitrogen and oxygen atoms in total. The van der Waals surface area contributed by atoms with Gasteiger partial charge in [0.2, 0.25) is 0 Å². The number of halogens is 1. The van der Waals surface area contributed by atoms with Crippen LogP contribution in [-0.2, 0) is 14.3 Å². The van der Waals surface area contributed by atoms with Gasteiger partial charge in [-0.25, -0.2) is 4.39 Å². The van der Waals surface area contributed by atoms with E-state index in [-0.39, 0.29) is 30.3 Å². The number of nitrogens with two attached hydrogens (primary N) is 1. The van der Waals surface area contributed by atoms with Crippen LogP contribution in [-0.4, -0.2) is 43.5 Å². The number of hydrogen-bond acceptors (Lipinski definition) is 5. The van der Waals surface area contributed by atoms with Crippen molar-refractivity contribution in [3.05, 3.63) is 76.3 Å². The Morgan fingerprint density at radius 3 is 2.82 bits per heavy atom. The molecule has 0 heterocycles. The standard InChI is InChI=1S/C26H32FN3O3/c1-5-25(27)33-24-11-10-20(14-18(24)3)15-29-16-22-21(8-6-7-9-23(22)28)26(32)30-13-12-17(2)19(4)31/h6,8-12,14,16,18,24-25H,5,13,15,28H2,1-4H3,(H,30,32)/b17-12+,29-16?. The summed E-state index contributed by atoms with van der Waals surface area (Å²) in [6.45, 7) is 7.48. The van der Waals surface area contributed by atoms with Crippen LogP contribution in [0.3, 0.4) is 0 Å². The molecular formula is C26H32FN3O3. The zero-order chi connectivity index (χ0) is 24.4.